The summed E-state index contributed by atoms with van der Waals surface area (Å²) in [6, 6.07) is 7.57. The summed E-state index contributed by atoms with van der Waals surface area (Å²) in [5, 5.41) is 1.71. The first-order valence-electron chi connectivity index (χ1n) is 5.02. The summed E-state index contributed by atoms with van der Waals surface area (Å²) in [7, 11) is -1.80. The van der Waals surface area contributed by atoms with E-state index in [2.05, 4.69) is 6.58 Å². The maximum Gasteiger partial charge on any atom is 0.597 e. The molecular formula is C13H12O2P+. The van der Waals surface area contributed by atoms with Gasteiger partial charge in [-0.3, -0.25) is 0 Å². The molecule has 3 heteroatoms. The standard InChI is InChI=1S/C13H12O2P/c1-3-7-10-11-8-5-6-9-13(11)16(14)15-12(10)4-2/h3-9H,2H2,1H3/q+1/b7-3-. The van der Waals surface area contributed by atoms with Crippen LogP contribution in [0.2, 0.25) is 0 Å². The molecular weight excluding hydrogens is 219 g/mol. The number of benzene rings is 1. The summed E-state index contributed by atoms with van der Waals surface area (Å²) < 4.78 is 17.2. The number of hydrogen-bond donors (Lipinski definition) is 0. The molecule has 0 bridgehead atoms. The highest BCUT2D eigenvalue weighted by Crippen LogP contribution is 2.34. The molecule has 16 heavy (non-hydrogen) atoms. The van der Waals surface area contributed by atoms with Crippen LogP contribution in [0.4, 0.5) is 0 Å². The highest BCUT2D eigenvalue weighted by atomic mass is 31.1. The van der Waals surface area contributed by atoms with Crippen molar-refractivity contribution in [2.75, 3.05) is 0 Å². The summed E-state index contributed by atoms with van der Waals surface area (Å²) >= 11 is 0. The molecule has 0 spiro atoms. The Morgan fingerprint density at radius 2 is 2.12 bits per heavy atom. The van der Waals surface area contributed by atoms with Crippen LogP contribution in [-0.2, 0) is 4.57 Å². The fourth-order valence-electron chi connectivity index (χ4n) is 1.67. The molecule has 0 radical (unpaired) electrons. The third-order valence-electron chi connectivity index (χ3n) is 2.36. The Kier molecular flexibility index (Phi) is 3.02. The Morgan fingerprint density at radius 3 is 2.81 bits per heavy atom. The predicted molar refractivity (Wildman–Crippen MR) is 68.6 cm³/mol. The van der Waals surface area contributed by atoms with Crippen molar-refractivity contribution >= 4 is 30.3 Å². The highest BCUT2D eigenvalue weighted by Gasteiger charge is 2.17. The zero-order chi connectivity index (χ0) is 11.5. The monoisotopic (exact) mass is 231 g/mol. The minimum Gasteiger partial charge on any atom is -0.250 e. The van der Waals surface area contributed by atoms with Gasteiger partial charge >= 0.3 is 7.65 Å². The Bertz CT molecular complexity index is 623. The summed E-state index contributed by atoms with van der Waals surface area (Å²) in [5.74, 6) is 0.581. The first kappa shape index (κ1) is 10.8. The largest absolute Gasteiger partial charge is 0.597 e. The number of allylic oxidation sites excluding steroid dienone is 1. The highest BCUT2D eigenvalue weighted by molar-refractivity contribution is 7.36. The van der Waals surface area contributed by atoms with Crippen LogP contribution in [-0.4, -0.2) is 0 Å². The van der Waals surface area contributed by atoms with E-state index in [0.717, 1.165) is 16.1 Å². The molecule has 0 aliphatic rings. The fourth-order valence-corrected chi connectivity index (χ4v) is 2.72. The van der Waals surface area contributed by atoms with Gasteiger partial charge in [0.25, 0.3) is 0 Å². The minimum atomic E-state index is -1.80. The van der Waals surface area contributed by atoms with Crippen molar-refractivity contribution in [2.45, 2.75) is 6.92 Å². The van der Waals surface area contributed by atoms with Crippen molar-refractivity contribution in [1.29, 1.82) is 0 Å². The van der Waals surface area contributed by atoms with E-state index in [0.29, 0.717) is 5.76 Å². The first-order chi connectivity index (χ1) is 7.77. The van der Waals surface area contributed by atoms with Crippen molar-refractivity contribution in [2.24, 2.45) is 0 Å². The molecule has 1 heterocycles. The molecule has 0 fully saturated rings. The molecule has 0 amide bonds. The summed E-state index contributed by atoms with van der Waals surface area (Å²) in [6.45, 7) is 5.61. The predicted octanol–water partition coefficient (Wildman–Crippen LogP) is 4.85. The van der Waals surface area contributed by atoms with Crippen molar-refractivity contribution in [1.82, 2.24) is 0 Å². The van der Waals surface area contributed by atoms with Gasteiger partial charge in [0, 0.05) is 10.9 Å². The van der Waals surface area contributed by atoms with E-state index in [4.69, 9.17) is 4.20 Å². The maximum absolute atomic E-state index is 11.8. The topological polar surface area (TPSA) is 30.2 Å². The Labute approximate surface area is 94.7 Å². The molecule has 0 aliphatic carbocycles. The van der Waals surface area contributed by atoms with Crippen LogP contribution < -0.4 is 0 Å². The van der Waals surface area contributed by atoms with Gasteiger partial charge in [0.15, 0.2) is 5.76 Å². The number of fused-ring (bicyclic) bond motifs is 1. The zero-order valence-corrected chi connectivity index (χ0v) is 9.91. The lowest BCUT2D eigenvalue weighted by molar-refractivity contribution is 0.547. The summed E-state index contributed by atoms with van der Waals surface area (Å²) in [5.41, 5.74) is 0.933. The lowest BCUT2D eigenvalue weighted by Gasteiger charge is -1.98. The Hall–Kier alpha value is -1.66. The van der Waals surface area contributed by atoms with E-state index in [1.165, 1.54) is 0 Å². The second kappa shape index (κ2) is 4.46. The van der Waals surface area contributed by atoms with Crippen LogP contribution in [0.25, 0.3) is 22.7 Å². The van der Waals surface area contributed by atoms with Crippen molar-refractivity contribution < 1.29 is 8.76 Å². The quantitative estimate of drug-likeness (QED) is 0.739. The molecule has 2 nitrogen and oxygen atoms in total. The molecule has 2 aromatic rings. The van der Waals surface area contributed by atoms with Gasteiger partial charge < -0.3 is 0 Å². The van der Waals surface area contributed by atoms with Gasteiger partial charge in [0.2, 0.25) is 5.12 Å². The SMILES string of the molecule is C=Cc1o[p+](=O)c2ccccc2c1/C=C\C. The summed E-state index contributed by atoms with van der Waals surface area (Å²) in [4.78, 5) is 0. The third kappa shape index (κ3) is 1.72. The van der Waals surface area contributed by atoms with Gasteiger partial charge in [0.05, 0.1) is 0 Å². The van der Waals surface area contributed by atoms with Gasteiger partial charge in [-0.05, 0) is 29.7 Å². The molecule has 1 aromatic heterocycles. The Morgan fingerprint density at radius 1 is 1.38 bits per heavy atom. The van der Waals surface area contributed by atoms with Crippen LogP contribution in [0.5, 0.6) is 0 Å². The molecule has 80 valence electrons. The third-order valence-corrected chi connectivity index (χ3v) is 3.50. The van der Waals surface area contributed by atoms with Gasteiger partial charge in [-0.1, -0.05) is 30.9 Å². The van der Waals surface area contributed by atoms with Crippen LogP contribution in [0.3, 0.4) is 0 Å². The zero-order valence-electron chi connectivity index (χ0n) is 9.01. The van der Waals surface area contributed by atoms with Crippen molar-refractivity contribution in [3.8, 4) is 0 Å². The van der Waals surface area contributed by atoms with Gasteiger partial charge in [-0.25, -0.2) is 4.20 Å². The van der Waals surface area contributed by atoms with Crippen LogP contribution in [0.15, 0.2) is 41.1 Å². The molecule has 0 saturated carbocycles. The van der Waals surface area contributed by atoms with Gasteiger partial charge in [-0.2, -0.15) is 0 Å². The van der Waals surface area contributed by atoms with Crippen molar-refractivity contribution in [3.05, 3.63) is 48.2 Å². The number of hydrogen-bond acceptors (Lipinski definition) is 2. The van der Waals surface area contributed by atoms with Crippen LogP contribution in [0.1, 0.15) is 18.2 Å². The summed E-state index contributed by atoms with van der Waals surface area (Å²) in [6.07, 6.45) is 5.47. The minimum absolute atomic E-state index is 0.581. The smallest absolute Gasteiger partial charge is 0.250 e. The normalized spacial score (nSPS) is 12.2. The molecule has 1 atom stereocenters. The van der Waals surface area contributed by atoms with E-state index in [9.17, 15) is 4.57 Å². The lowest BCUT2D eigenvalue weighted by atomic mass is 10.1. The van der Waals surface area contributed by atoms with E-state index in [1.54, 1.807) is 6.08 Å². The average molecular weight is 231 g/mol. The second-order valence-electron chi connectivity index (χ2n) is 3.35. The lowest BCUT2D eigenvalue weighted by Crippen LogP contribution is -1.81. The molecule has 0 saturated heterocycles. The van der Waals surface area contributed by atoms with E-state index >= 15 is 0 Å². The van der Waals surface area contributed by atoms with E-state index in [1.807, 2.05) is 43.3 Å². The van der Waals surface area contributed by atoms with E-state index in [-0.39, 0.29) is 0 Å². The first-order valence-corrected chi connectivity index (χ1v) is 6.19. The molecule has 1 aromatic carbocycles. The Balaban J connectivity index is 2.98. The molecule has 0 N–H and O–H groups in total. The van der Waals surface area contributed by atoms with Crippen LogP contribution in [0, 0.1) is 0 Å². The van der Waals surface area contributed by atoms with E-state index < -0.39 is 7.65 Å². The molecule has 2 rings (SSSR count). The van der Waals surface area contributed by atoms with Gasteiger partial charge in [0.1, 0.15) is 0 Å². The second-order valence-corrected chi connectivity index (χ2v) is 4.53. The molecule has 1 unspecified atom stereocenters. The number of rotatable bonds is 2. The average Bonchev–Trinajstić information content (AvgIpc) is 2.33. The molecule has 0 aliphatic heterocycles. The van der Waals surface area contributed by atoms with Gasteiger partial charge in [-0.15, -0.1) is 0 Å². The fraction of sp³-hybridized carbons (Fsp3) is 0.0769. The maximum atomic E-state index is 11.8. The van der Waals surface area contributed by atoms with Crippen molar-refractivity contribution in [3.63, 3.8) is 0 Å². The van der Waals surface area contributed by atoms with Crippen LogP contribution >= 0.6 is 7.65 Å².